The van der Waals surface area contributed by atoms with Crippen LogP contribution in [0.1, 0.15) is 18.1 Å². The van der Waals surface area contributed by atoms with Gasteiger partial charge < -0.3 is 9.84 Å². The van der Waals surface area contributed by atoms with Crippen LogP contribution in [0.25, 0.3) is 0 Å². The first-order valence-corrected chi connectivity index (χ1v) is 8.30. The fourth-order valence-corrected chi connectivity index (χ4v) is 3.02. The van der Waals surface area contributed by atoms with Gasteiger partial charge in [0.25, 0.3) is 0 Å². The molecule has 0 bridgehead atoms. The minimum atomic E-state index is -3.44. The molecule has 0 aliphatic heterocycles. The van der Waals surface area contributed by atoms with E-state index in [0.717, 1.165) is 11.1 Å². The maximum absolute atomic E-state index is 11.8. The Labute approximate surface area is 124 Å². The van der Waals surface area contributed by atoms with E-state index in [2.05, 4.69) is 0 Å². The second-order valence-corrected chi connectivity index (χ2v) is 7.10. The molecule has 2 rings (SSSR count). The normalized spacial score (nSPS) is 11.4. The first-order valence-electron chi connectivity index (χ1n) is 6.65. The molecule has 0 spiro atoms. The number of aromatic hydroxyl groups is 1. The molecule has 0 saturated heterocycles. The molecule has 1 N–H and O–H groups in total. The number of hydrogen-bond donors (Lipinski definition) is 1. The average molecular weight is 306 g/mol. The van der Waals surface area contributed by atoms with E-state index in [-0.39, 0.29) is 16.4 Å². The van der Waals surface area contributed by atoms with E-state index in [1.807, 2.05) is 32.0 Å². The third-order valence-electron chi connectivity index (χ3n) is 3.27. The number of para-hydroxylation sites is 1. The second-order valence-electron chi connectivity index (χ2n) is 4.86. The van der Waals surface area contributed by atoms with Crippen molar-refractivity contribution in [2.24, 2.45) is 0 Å². The maximum Gasteiger partial charge on any atom is 0.181 e. The largest absolute Gasteiger partial charge is 0.506 e. The first-order chi connectivity index (χ1) is 9.85. The average Bonchev–Trinajstić information content (AvgIpc) is 2.43. The van der Waals surface area contributed by atoms with E-state index in [9.17, 15) is 13.5 Å². The van der Waals surface area contributed by atoms with E-state index in [4.69, 9.17) is 4.74 Å². The van der Waals surface area contributed by atoms with Crippen LogP contribution >= 0.6 is 0 Å². The van der Waals surface area contributed by atoms with Gasteiger partial charge in [-0.15, -0.1) is 0 Å². The molecule has 0 heterocycles. The zero-order valence-electron chi connectivity index (χ0n) is 12.3. The smallest absolute Gasteiger partial charge is 0.181 e. The summed E-state index contributed by atoms with van der Waals surface area (Å²) in [4.78, 5) is -0.0705. The highest BCUT2D eigenvalue weighted by atomic mass is 32.2. The van der Waals surface area contributed by atoms with E-state index in [1.54, 1.807) is 6.07 Å². The van der Waals surface area contributed by atoms with Gasteiger partial charge in [-0.05, 0) is 37.1 Å². The third kappa shape index (κ3) is 3.19. The molecule has 0 aliphatic carbocycles. The van der Waals surface area contributed by atoms with Crippen molar-refractivity contribution in [3.05, 3.63) is 47.5 Å². The van der Waals surface area contributed by atoms with Crippen LogP contribution in [0, 0.1) is 13.8 Å². The lowest BCUT2D eigenvalue weighted by atomic mass is 10.1. The van der Waals surface area contributed by atoms with E-state index < -0.39 is 9.84 Å². The highest BCUT2D eigenvalue weighted by Crippen LogP contribution is 2.33. The second kappa shape index (κ2) is 5.77. The predicted molar refractivity (Wildman–Crippen MR) is 81.8 cm³/mol. The molecular weight excluding hydrogens is 288 g/mol. The van der Waals surface area contributed by atoms with Crippen LogP contribution in [0.4, 0.5) is 0 Å². The molecule has 0 saturated carbocycles. The summed E-state index contributed by atoms with van der Waals surface area (Å²) in [6.07, 6.45) is 0. The number of benzene rings is 2. The Hall–Kier alpha value is -2.01. The Balaban J connectivity index is 2.38. The Kier molecular flexibility index (Phi) is 4.23. The minimum Gasteiger partial charge on any atom is -0.506 e. The number of hydrogen-bond acceptors (Lipinski definition) is 4. The number of phenolic OH excluding ortho intramolecular Hbond substituents is 1. The molecule has 2 aromatic carbocycles. The first kappa shape index (κ1) is 15.4. The fourth-order valence-electron chi connectivity index (χ4n) is 2.06. The molecule has 0 fully saturated rings. The van der Waals surface area contributed by atoms with Crippen LogP contribution in [0.15, 0.2) is 41.3 Å². The minimum absolute atomic E-state index is 0.0579. The summed E-state index contributed by atoms with van der Waals surface area (Å²) < 4.78 is 29.4. The summed E-state index contributed by atoms with van der Waals surface area (Å²) in [6, 6.07) is 10.0. The summed E-state index contributed by atoms with van der Waals surface area (Å²) in [6.45, 7) is 5.39. The van der Waals surface area contributed by atoms with Gasteiger partial charge in [-0.2, -0.15) is 0 Å². The lowest BCUT2D eigenvalue weighted by Gasteiger charge is -2.12. The molecule has 5 heteroatoms. The SMILES string of the molecule is CCS(=O)(=O)c1ccc(Oc2c(C)cccc2C)cc1O. The van der Waals surface area contributed by atoms with E-state index in [0.29, 0.717) is 11.5 Å². The van der Waals surface area contributed by atoms with Crippen molar-refractivity contribution < 1.29 is 18.3 Å². The van der Waals surface area contributed by atoms with Crippen molar-refractivity contribution in [1.29, 1.82) is 0 Å². The van der Waals surface area contributed by atoms with Crippen LogP contribution in [0.3, 0.4) is 0 Å². The molecule has 0 radical (unpaired) electrons. The molecule has 21 heavy (non-hydrogen) atoms. The molecule has 2 aromatic rings. The van der Waals surface area contributed by atoms with Crippen LogP contribution in [0.2, 0.25) is 0 Å². The molecule has 0 unspecified atom stereocenters. The number of phenols is 1. The molecule has 0 aromatic heterocycles. The van der Waals surface area contributed by atoms with Crippen LogP contribution in [-0.4, -0.2) is 19.3 Å². The molecule has 0 atom stereocenters. The van der Waals surface area contributed by atoms with Crippen molar-refractivity contribution in [3.8, 4) is 17.2 Å². The van der Waals surface area contributed by atoms with Gasteiger partial charge in [-0.3, -0.25) is 0 Å². The molecule has 0 aliphatic rings. The highest BCUT2D eigenvalue weighted by Gasteiger charge is 2.17. The summed E-state index contributed by atoms with van der Waals surface area (Å²) in [5.41, 5.74) is 1.94. The molecule has 4 nitrogen and oxygen atoms in total. The summed E-state index contributed by atoms with van der Waals surface area (Å²) >= 11 is 0. The molecule has 112 valence electrons. The predicted octanol–water partition coefficient (Wildman–Crippen LogP) is 3.59. The van der Waals surface area contributed by atoms with Crippen LogP contribution < -0.4 is 4.74 Å². The monoisotopic (exact) mass is 306 g/mol. The number of sulfone groups is 1. The van der Waals surface area contributed by atoms with Gasteiger partial charge in [0.2, 0.25) is 0 Å². The van der Waals surface area contributed by atoms with E-state index in [1.165, 1.54) is 19.1 Å². The third-order valence-corrected chi connectivity index (χ3v) is 5.05. The summed E-state index contributed by atoms with van der Waals surface area (Å²) in [5, 5.41) is 9.92. The Morgan fingerprint density at radius 1 is 1.10 bits per heavy atom. The lowest BCUT2D eigenvalue weighted by molar-refractivity contribution is 0.441. The van der Waals surface area contributed by atoms with Crippen molar-refractivity contribution in [3.63, 3.8) is 0 Å². The fraction of sp³-hybridized carbons (Fsp3) is 0.250. The summed E-state index contributed by atoms with van der Waals surface area (Å²) in [5.74, 6) is 0.765. The van der Waals surface area contributed by atoms with Crippen LogP contribution in [-0.2, 0) is 9.84 Å². The number of aryl methyl sites for hydroxylation is 2. The van der Waals surface area contributed by atoms with Gasteiger partial charge in [0.1, 0.15) is 22.1 Å². The standard InChI is InChI=1S/C16H18O4S/c1-4-21(18,19)15-9-8-13(10-14(15)17)20-16-11(2)6-5-7-12(16)3/h5-10,17H,4H2,1-3H3. The Morgan fingerprint density at radius 3 is 2.24 bits per heavy atom. The van der Waals surface area contributed by atoms with Gasteiger partial charge in [0, 0.05) is 6.07 Å². The van der Waals surface area contributed by atoms with Crippen molar-refractivity contribution in [2.45, 2.75) is 25.7 Å². The van der Waals surface area contributed by atoms with Crippen LogP contribution in [0.5, 0.6) is 17.2 Å². The number of rotatable bonds is 4. The highest BCUT2D eigenvalue weighted by molar-refractivity contribution is 7.91. The maximum atomic E-state index is 11.8. The van der Waals surface area contributed by atoms with Gasteiger partial charge in [0.05, 0.1) is 5.75 Å². The Bertz CT molecular complexity index is 744. The molecular formula is C16H18O4S. The van der Waals surface area contributed by atoms with E-state index >= 15 is 0 Å². The summed E-state index contributed by atoms with van der Waals surface area (Å²) in [7, 11) is -3.44. The van der Waals surface area contributed by atoms with Gasteiger partial charge in [0.15, 0.2) is 9.84 Å². The zero-order chi connectivity index (χ0) is 15.6. The van der Waals surface area contributed by atoms with Gasteiger partial charge in [-0.25, -0.2) is 8.42 Å². The van der Waals surface area contributed by atoms with Gasteiger partial charge in [-0.1, -0.05) is 25.1 Å². The quantitative estimate of drug-likeness (QED) is 0.937. The van der Waals surface area contributed by atoms with Gasteiger partial charge >= 0.3 is 0 Å². The molecule has 0 amide bonds. The van der Waals surface area contributed by atoms with Crippen molar-refractivity contribution in [2.75, 3.05) is 5.75 Å². The Morgan fingerprint density at radius 2 is 1.71 bits per heavy atom. The van der Waals surface area contributed by atoms with Crippen molar-refractivity contribution in [1.82, 2.24) is 0 Å². The van der Waals surface area contributed by atoms with Crippen molar-refractivity contribution >= 4 is 9.84 Å². The lowest BCUT2D eigenvalue weighted by Crippen LogP contribution is -2.04. The zero-order valence-corrected chi connectivity index (χ0v) is 13.1. The topological polar surface area (TPSA) is 63.6 Å². The number of ether oxygens (including phenoxy) is 1.